The molecule has 2 aromatic carbocycles. The number of aliphatic hydroxyl groups excluding tert-OH is 1. The Morgan fingerprint density at radius 3 is 2.74 bits per heavy atom. The van der Waals surface area contributed by atoms with Gasteiger partial charge in [-0.3, -0.25) is 4.57 Å². The summed E-state index contributed by atoms with van der Waals surface area (Å²) < 4.78 is 31.9. The van der Waals surface area contributed by atoms with Gasteiger partial charge in [-0.25, -0.2) is 8.78 Å². The zero-order valence-corrected chi connectivity index (χ0v) is 19.6. The highest BCUT2D eigenvalue weighted by atomic mass is 19.1. The van der Waals surface area contributed by atoms with Crippen LogP contribution in [0.2, 0.25) is 0 Å². The molecule has 9 heteroatoms. The van der Waals surface area contributed by atoms with Crippen molar-refractivity contribution < 1.29 is 13.9 Å². The normalized spacial score (nSPS) is 19.0. The number of rotatable bonds is 4. The van der Waals surface area contributed by atoms with Crippen molar-refractivity contribution in [2.24, 2.45) is 5.92 Å². The van der Waals surface area contributed by atoms with E-state index in [1.165, 1.54) is 12.1 Å². The highest BCUT2D eigenvalue weighted by Gasteiger charge is 2.32. The minimum atomic E-state index is -0.604. The largest absolute Gasteiger partial charge is 0.391 e. The van der Waals surface area contributed by atoms with Crippen molar-refractivity contribution in [2.45, 2.75) is 12.6 Å². The summed E-state index contributed by atoms with van der Waals surface area (Å²) >= 11 is 0. The third-order valence-electron chi connectivity index (χ3n) is 6.95. The molecule has 1 saturated heterocycles. The molecule has 2 aliphatic heterocycles. The maximum Gasteiger partial charge on any atom is 0.185 e. The Morgan fingerprint density at radius 1 is 1.09 bits per heavy atom. The van der Waals surface area contributed by atoms with Crippen LogP contribution in [0.15, 0.2) is 55.0 Å². The standard InChI is InChI=1S/C26H26F2N6O/c1-31(2)10-18-13-32(14-25(18)35)20-4-6-23-17(7-20)12-33-11-16(21-5-3-19(27)9-22(21)28)8-24(33)26-30-29-15-34(23)26/h3-9,11,15,18,25,35H,10,12-14H2,1-2H3/t18-,25+/m1/s1. The average Bonchev–Trinajstić information content (AvgIpc) is 3.51. The van der Waals surface area contributed by atoms with Crippen molar-refractivity contribution in [3.63, 3.8) is 0 Å². The molecule has 4 aromatic rings. The summed E-state index contributed by atoms with van der Waals surface area (Å²) in [7, 11) is 4.05. The molecule has 180 valence electrons. The molecule has 2 aliphatic rings. The number of nitrogens with zero attached hydrogens (tertiary/aromatic N) is 6. The van der Waals surface area contributed by atoms with Crippen LogP contribution in [0.4, 0.5) is 14.5 Å². The van der Waals surface area contributed by atoms with Gasteiger partial charge in [-0.15, -0.1) is 10.2 Å². The molecule has 1 fully saturated rings. The maximum absolute atomic E-state index is 14.5. The fraction of sp³-hybridized carbons (Fsp3) is 0.308. The molecule has 0 aliphatic carbocycles. The van der Waals surface area contributed by atoms with Gasteiger partial charge in [0.2, 0.25) is 0 Å². The van der Waals surface area contributed by atoms with Crippen LogP contribution < -0.4 is 4.90 Å². The molecule has 0 amide bonds. The molecule has 2 atom stereocenters. The number of aromatic nitrogens is 4. The lowest BCUT2D eigenvalue weighted by Gasteiger charge is -2.21. The first-order valence-electron chi connectivity index (χ1n) is 11.6. The number of β-amino-alcohol motifs (C(OH)–C–C–N with tert-alkyl or cyclic N) is 1. The maximum atomic E-state index is 14.5. The van der Waals surface area contributed by atoms with Crippen LogP contribution in [0, 0.1) is 17.6 Å². The summed E-state index contributed by atoms with van der Waals surface area (Å²) in [5.41, 5.74) is 4.90. The van der Waals surface area contributed by atoms with Crippen molar-refractivity contribution in [2.75, 3.05) is 38.6 Å². The molecule has 0 saturated carbocycles. The number of hydrogen-bond donors (Lipinski definition) is 1. The predicted molar refractivity (Wildman–Crippen MR) is 130 cm³/mol. The van der Waals surface area contributed by atoms with Crippen molar-refractivity contribution >= 4 is 5.69 Å². The number of anilines is 1. The lowest BCUT2D eigenvalue weighted by atomic mass is 10.1. The van der Waals surface area contributed by atoms with Crippen LogP contribution in [0.1, 0.15) is 5.56 Å². The summed E-state index contributed by atoms with van der Waals surface area (Å²) in [6.45, 7) is 2.78. The smallest absolute Gasteiger partial charge is 0.185 e. The average molecular weight is 477 g/mol. The SMILES string of the molecule is CN(C)C[C@@H]1CN(c2ccc3c(c2)Cn2cc(-c4ccc(F)cc4F)cc2-c2nncn2-3)C[C@@H]1O. The van der Waals surface area contributed by atoms with Gasteiger partial charge in [0.1, 0.15) is 18.0 Å². The number of halogens is 2. The van der Waals surface area contributed by atoms with Gasteiger partial charge in [0.05, 0.1) is 17.5 Å². The topological polar surface area (TPSA) is 62.3 Å². The molecule has 1 N–H and O–H groups in total. The lowest BCUT2D eigenvalue weighted by molar-refractivity contribution is 0.130. The minimum Gasteiger partial charge on any atom is -0.391 e. The van der Waals surface area contributed by atoms with Gasteiger partial charge < -0.3 is 19.5 Å². The Kier molecular flexibility index (Phi) is 5.19. The fourth-order valence-electron chi connectivity index (χ4n) is 5.31. The summed E-state index contributed by atoms with van der Waals surface area (Å²) in [6.07, 6.45) is 3.19. The second kappa shape index (κ2) is 8.28. The lowest BCUT2D eigenvalue weighted by Crippen LogP contribution is -2.29. The summed E-state index contributed by atoms with van der Waals surface area (Å²) in [6, 6.07) is 11.8. The molecule has 2 aromatic heterocycles. The van der Waals surface area contributed by atoms with E-state index in [0.717, 1.165) is 41.8 Å². The summed E-state index contributed by atoms with van der Waals surface area (Å²) in [4.78, 5) is 4.34. The van der Waals surface area contributed by atoms with Gasteiger partial charge in [0.25, 0.3) is 0 Å². The van der Waals surface area contributed by atoms with E-state index in [-0.39, 0.29) is 12.0 Å². The highest BCUT2D eigenvalue weighted by molar-refractivity contribution is 5.72. The number of aliphatic hydroxyl groups is 1. The van der Waals surface area contributed by atoms with Gasteiger partial charge in [0, 0.05) is 61.2 Å². The molecule has 4 heterocycles. The van der Waals surface area contributed by atoms with E-state index < -0.39 is 11.6 Å². The van der Waals surface area contributed by atoms with Crippen LogP contribution in [-0.4, -0.2) is 69.2 Å². The van der Waals surface area contributed by atoms with Gasteiger partial charge in [-0.05, 0) is 56.1 Å². The molecule has 6 rings (SSSR count). The Balaban J connectivity index is 1.38. The highest BCUT2D eigenvalue weighted by Crippen LogP contribution is 2.36. The quantitative estimate of drug-likeness (QED) is 0.431. The first kappa shape index (κ1) is 21.9. The van der Waals surface area contributed by atoms with E-state index in [0.29, 0.717) is 30.0 Å². The molecule has 0 bridgehead atoms. The van der Waals surface area contributed by atoms with Crippen LogP contribution >= 0.6 is 0 Å². The van der Waals surface area contributed by atoms with E-state index in [1.807, 2.05) is 35.5 Å². The van der Waals surface area contributed by atoms with Crippen molar-refractivity contribution in [3.05, 3.63) is 72.2 Å². The van der Waals surface area contributed by atoms with Crippen molar-refractivity contribution in [3.8, 4) is 28.3 Å². The third kappa shape index (κ3) is 3.81. The van der Waals surface area contributed by atoms with E-state index in [2.05, 4.69) is 38.2 Å². The summed E-state index contributed by atoms with van der Waals surface area (Å²) in [5, 5.41) is 19.1. The first-order chi connectivity index (χ1) is 16.9. The molecule has 0 spiro atoms. The molecule has 35 heavy (non-hydrogen) atoms. The molecular formula is C26H26F2N6O. The second-order valence-corrected chi connectivity index (χ2v) is 9.70. The third-order valence-corrected chi connectivity index (χ3v) is 6.95. The Morgan fingerprint density at radius 2 is 1.94 bits per heavy atom. The Labute approximate surface area is 201 Å². The van der Waals surface area contributed by atoms with Gasteiger partial charge in [-0.1, -0.05) is 0 Å². The van der Waals surface area contributed by atoms with Gasteiger partial charge in [-0.2, -0.15) is 0 Å². The molecular weight excluding hydrogens is 450 g/mol. The van der Waals surface area contributed by atoms with E-state index in [4.69, 9.17) is 0 Å². The molecule has 0 radical (unpaired) electrons. The first-order valence-corrected chi connectivity index (χ1v) is 11.6. The van der Waals surface area contributed by atoms with Crippen LogP contribution in [-0.2, 0) is 6.54 Å². The van der Waals surface area contributed by atoms with Crippen LogP contribution in [0.25, 0.3) is 28.3 Å². The molecule has 7 nitrogen and oxygen atoms in total. The van der Waals surface area contributed by atoms with E-state index >= 15 is 0 Å². The number of hydrogen-bond acceptors (Lipinski definition) is 5. The Hall–Kier alpha value is -3.56. The van der Waals surface area contributed by atoms with Crippen molar-refractivity contribution in [1.29, 1.82) is 0 Å². The van der Waals surface area contributed by atoms with Gasteiger partial charge in [0.15, 0.2) is 5.82 Å². The monoisotopic (exact) mass is 476 g/mol. The zero-order chi connectivity index (χ0) is 24.3. The zero-order valence-electron chi connectivity index (χ0n) is 19.6. The van der Waals surface area contributed by atoms with E-state index in [9.17, 15) is 13.9 Å². The predicted octanol–water partition coefficient (Wildman–Crippen LogP) is 3.40. The molecule has 0 unspecified atom stereocenters. The fourth-order valence-corrected chi connectivity index (χ4v) is 5.31. The van der Waals surface area contributed by atoms with E-state index in [1.54, 1.807) is 6.33 Å². The Bertz CT molecular complexity index is 1410. The second-order valence-electron chi connectivity index (χ2n) is 9.70. The number of benzene rings is 2. The summed E-state index contributed by atoms with van der Waals surface area (Å²) in [5.74, 6) is -0.353. The van der Waals surface area contributed by atoms with Crippen LogP contribution in [0.5, 0.6) is 0 Å². The van der Waals surface area contributed by atoms with Gasteiger partial charge >= 0.3 is 0 Å². The number of fused-ring (bicyclic) bond motifs is 5. The van der Waals surface area contributed by atoms with Crippen LogP contribution in [0.3, 0.4) is 0 Å². The van der Waals surface area contributed by atoms with Crippen molar-refractivity contribution in [1.82, 2.24) is 24.2 Å². The minimum absolute atomic E-state index is 0.192.